The zero-order valence-electron chi connectivity index (χ0n) is 5.12. The van der Waals surface area contributed by atoms with Crippen LogP contribution in [0.15, 0.2) is 23.7 Å². The molecule has 0 spiro atoms. The molecular weight excluding hydrogens is 156 g/mol. The average Bonchev–Trinajstić information content (AvgIpc) is 1.95. The minimum atomic E-state index is -1.25. The number of rotatable bonds is 1. The highest BCUT2D eigenvalue weighted by molar-refractivity contribution is 6.19. The second kappa shape index (κ2) is 2.94. The summed E-state index contributed by atoms with van der Waals surface area (Å²) in [6.07, 6.45) is 1.61. The highest BCUT2D eigenvalue weighted by atomic mass is 35.5. The molecule has 0 fully saturated rings. The predicted molar refractivity (Wildman–Crippen MR) is 36.6 cm³/mol. The molecule has 0 saturated heterocycles. The molecule has 0 aromatic rings. The van der Waals surface area contributed by atoms with Gasteiger partial charge in [0.05, 0.1) is 5.88 Å². The van der Waals surface area contributed by atoms with E-state index in [0.717, 1.165) is 0 Å². The smallest absolute Gasteiger partial charge is 0.255 e. The third-order valence-corrected chi connectivity index (χ3v) is 1.35. The van der Waals surface area contributed by atoms with E-state index in [9.17, 15) is 0 Å². The Kier molecular flexibility index (Phi) is 2.19. The van der Waals surface area contributed by atoms with Crippen molar-refractivity contribution in [3.05, 3.63) is 23.7 Å². The van der Waals surface area contributed by atoms with E-state index in [1.807, 2.05) is 0 Å². The topological polar surface area (TPSA) is 49.7 Å². The molecule has 1 heterocycles. The number of halogens is 1. The SMILES string of the molecule is OC1=CC=C(CCl)OC1O. The number of alkyl halides is 1. The summed E-state index contributed by atoms with van der Waals surface area (Å²) in [6.45, 7) is 0. The van der Waals surface area contributed by atoms with E-state index in [4.69, 9.17) is 26.6 Å². The molecule has 0 bridgehead atoms. The lowest BCUT2D eigenvalue weighted by Gasteiger charge is -2.16. The van der Waals surface area contributed by atoms with Gasteiger partial charge in [-0.2, -0.15) is 0 Å². The van der Waals surface area contributed by atoms with Crippen molar-refractivity contribution in [3.8, 4) is 0 Å². The van der Waals surface area contributed by atoms with Crippen LogP contribution in [-0.2, 0) is 4.74 Å². The first kappa shape index (κ1) is 7.44. The molecule has 1 aliphatic heterocycles. The van der Waals surface area contributed by atoms with Crippen LogP contribution >= 0.6 is 11.6 Å². The van der Waals surface area contributed by atoms with Gasteiger partial charge in [-0.3, -0.25) is 0 Å². The highest BCUT2D eigenvalue weighted by Crippen LogP contribution is 2.14. The van der Waals surface area contributed by atoms with Gasteiger partial charge in [-0.05, 0) is 12.2 Å². The van der Waals surface area contributed by atoms with Gasteiger partial charge in [0.25, 0.3) is 6.29 Å². The Morgan fingerprint density at radius 3 is 2.80 bits per heavy atom. The quantitative estimate of drug-likeness (QED) is 0.564. The average molecular weight is 163 g/mol. The lowest BCUT2D eigenvalue weighted by atomic mass is 10.3. The lowest BCUT2D eigenvalue weighted by molar-refractivity contribution is -0.0630. The van der Waals surface area contributed by atoms with Crippen LogP contribution in [0.4, 0.5) is 0 Å². The molecule has 0 radical (unpaired) electrons. The molecule has 0 amide bonds. The Hall–Kier alpha value is -0.670. The van der Waals surface area contributed by atoms with Gasteiger partial charge in [0.1, 0.15) is 5.76 Å². The van der Waals surface area contributed by atoms with E-state index in [2.05, 4.69) is 0 Å². The van der Waals surface area contributed by atoms with Gasteiger partial charge in [-0.25, -0.2) is 0 Å². The summed E-state index contributed by atoms with van der Waals surface area (Å²) in [5.41, 5.74) is 0. The van der Waals surface area contributed by atoms with Crippen LogP contribution in [0, 0.1) is 0 Å². The minimum absolute atomic E-state index is 0.195. The van der Waals surface area contributed by atoms with E-state index in [0.29, 0.717) is 5.76 Å². The largest absolute Gasteiger partial charge is 0.506 e. The maximum atomic E-state index is 8.84. The molecule has 10 heavy (non-hydrogen) atoms. The van der Waals surface area contributed by atoms with Gasteiger partial charge < -0.3 is 14.9 Å². The van der Waals surface area contributed by atoms with Crippen molar-refractivity contribution in [3.63, 3.8) is 0 Å². The third kappa shape index (κ3) is 1.43. The molecular formula is C6H7ClO3. The Morgan fingerprint density at radius 1 is 1.60 bits per heavy atom. The molecule has 0 aromatic carbocycles. The van der Waals surface area contributed by atoms with Crippen molar-refractivity contribution in [1.82, 2.24) is 0 Å². The lowest BCUT2D eigenvalue weighted by Crippen LogP contribution is -2.17. The van der Waals surface area contributed by atoms with Gasteiger partial charge in [0.2, 0.25) is 0 Å². The molecule has 2 N–H and O–H groups in total. The second-order valence-electron chi connectivity index (χ2n) is 1.83. The Labute approximate surface area is 63.2 Å². The van der Waals surface area contributed by atoms with Crippen LogP contribution in [0.2, 0.25) is 0 Å². The van der Waals surface area contributed by atoms with Gasteiger partial charge in [0, 0.05) is 0 Å². The van der Waals surface area contributed by atoms with Crippen LogP contribution in [0.1, 0.15) is 0 Å². The number of hydrogen-bond acceptors (Lipinski definition) is 3. The minimum Gasteiger partial charge on any atom is -0.506 e. The Balaban J connectivity index is 2.68. The van der Waals surface area contributed by atoms with E-state index in [-0.39, 0.29) is 11.6 Å². The van der Waals surface area contributed by atoms with Crippen molar-refractivity contribution < 1.29 is 14.9 Å². The van der Waals surface area contributed by atoms with Crippen LogP contribution in [0.3, 0.4) is 0 Å². The summed E-state index contributed by atoms with van der Waals surface area (Å²) in [6, 6.07) is 0. The van der Waals surface area contributed by atoms with Crippen molar-refractivity contribution in [1.29, 1.82) is 0 Å². The Morgan fingerprint density at radius 2 is 2.30 bits per heavy atom. The maximum absolute atomic E-state index is 8.84. The van der Waals surface area contributed by atoms with E-state index < -0.39 is 6.29 Å². The summed E-state index contributed by atoms with van der Waals surface area (Å²) < 4.78 is 4.71. The van der Waals surface area contributed by atoms with Crippen LogP contribution in [0.5, 0.6) is 0 Å². The zero-order chi connectivity index (χ0) is 7.56. The fraction of sp³-hybridized carbons (Fsp3) is 0.333. The molecule has 1 rings (SSSR count). The van der Waals surface area contributed by atoms with E-state index in [1.54, 1.807) is 0 Å². The summed E-state index contributed by atoms with van der Waals surface area (Å²) in [5, 5.41) is 17.6. The van der Waals surface area contributed by atoms with Gasteiger partial charge >= 0.3 is 0 Å². The number of aliphatic hydroxyl groups excluding tert-OH is 2. The fourth-order valence-electron chi connectivity index (χ4n) is 0.580. The highest BCUT2D eigenvalue weighted by Gasteiger charge is 2.15. The number of hydrogen-bond donors (Lipinski definition) is 2. The second-order valence-corrected chi connectivity index (χ2v) is 2.10. The monoisotopic (exact) mass is 162 g/mol. The third-order valence-electron chi connectivity index (χ3n) is 1.09. The summed E-state index contributed by atoms with van der Waals surface area (Å²) in [7, 11) is 0. The molecule has 56 valence electrons. The number of allylic oxidation sites excluding steroid dienone is 3. The maximum Gasteiger partial charge on any atom is 0.255 e. The molecule has 0 saturated carbocycles. The Bertz CT molecular complexity index is 185. The van der Waals surface area contributed by atoms with Crippen molar-refractivity contribution in [2.75, 3.05) is 5.88 Å². The van der Waals surface area contributed by atoms with Crippen LogP contribution < -0.4 is 0 Å². The van der Waals surface area contributed by atoms with Crippen molar-refractivity contribution in [2.24, 2.45) is 0 Å². The van der Waals surface area contributed by atoms with Gasteiger partial charge in [-0.1, -0.05) is 0 Å². The van der Waals surface area contributed by atoms with E-state index >= 15 is 0 Å². The van der Waals surface area contributed by atoms with Crippen molar-refractivity contribution in [2.45, 2.75) is 6.29 Å². The summed E-state index contributed by atoms with van der Waals surface area (Å²) in [5.74, 6) is 0.446. The zero-order valence-corrected chi connectivity index (χ0v) is 5.88. The first-order chi connectivity index (χ1) is 4.74. The predicted octanol–water partition coefficient (Wildman–Crippen LogP) is 0.900. The normalized spacial score (nSPS) is 24.8. The van der Waals surface area contributed by atoms with Crippen molar-refractivity contribution >= 4 is 11.6 Å². The molecule has 1 atom stereocenters. The fourth-order valence-corrected chi connectivity index (χ4v) is 0.732. The van der Waals surface area contributed by atoms with Crippen LogP contribution in [-0.4, -0.2) is 22.4 Å². The molecule has 4 heteroatoms. The molecule has 1 unspecified atom stereocenters. The number of aliphatic hydroxyl groups is 2. The first-order valence-corrected chi connectivity index (χ1v) is 3.28. The summed E-state index contributed by atoms with van der Waals surface area (Å²) >= 11 is 5.38. The standard InChI is InChI=1S/C6H7ClO3/c7-3-4-1-2-5(8)6(9)10-4/h1-2,6,8-9H,3H2. The molecule has 0 aliphatic carbocycles. The van der Waals surface area contributed by atoms with Gasteiger partial charge in [0.15, 0.2) is 5.76 Å². The van der Waals surface area contributed by atoms with Crippen LogP contribution in [0.25, 0.3) is 0 Å². The molecule has 3 nitrogen and oxygen atoms in total. The molecule has 0 aromatic heterocycles. The first-order valence-electron chi connectivity index (χ1n) is 2.74. The molecule has 1 aliphatic rings. The van der Waals surface area contributed by atoms with E-state index in [1.165, 1.54) is 12.2 Å². The van der Waals surface area contributed by atoms with Gasteiger partial charge in [-0.15, -0.1) is 11.6 Å². The number of ether oxygens (including phenoxy) is 1. The summed E-state index contributed by atoms with van der Waals surface area (Å²) in [4.78, 5) is 0.